The van der Waals surface area contributed by atoms with Crippen LogP contribution in [0, 0.1) is 0 Å². The smallest absolute Gasteiger partial charge is 0.417 e. The van der Waals surface area contributed by atoms with Gasteiger partial charge < -0.3 is 29.0 Å². The number of halogens is 3. The zero-order valence-electron chi connectivity index (χ0n) is 23.9. The van der Waals surface area contributed by atoms with Crippen molar-refractivity contribution in [1.29, 1.82) is 0 Å². The number of fused-ring (bicyclic) bond motifs is 1. The molecular formula is C26H38F3N5O3. The van der Waals surface area contributed by atoms with Crippen LogP contribution in [-0.2, 0) is 15.7 Å². The molecule has 206 valence electrons. The number of amides is 1. The number of carbonyl (C=O) groups is 1. The van der Waals surface area contributed by atoms with Gasteiger partial charge in [0, 0.05) is 53.0 Å². The van der Waals surface area contributed by atoms with Gasteiger partial charge in [-0.3, -0.25) is 0 Å². The quantitative estimate of drug-likeness (QED) is 0.591. The highest BCUT2D eigenvalue weighted by atomic mass is 19.4. The van der Waals surface area contributed by atoms with Gasteiger partial charge in [-0.05, 0) is 45.6 Å². The Morgan fingerprint density at radius 1 is 1.32 bits per heavy atom. The number of alkyl halides is 3. The van der Waals surface area contributed by atoms with E-state index in [1.165, 1.54) is 17.5 Å². The number of aromatic nitrogens is 2. The number of imidazole rings is 1. The van der Waals surface area contributed by atoms with E-state index in [0.29, 0.717) is 44.7 Å². The summed E-state index contributed by atoms with van der Waals surface area (Å²) >= 11 is 0. The first-order valence-electron chi connectivity index (χ1n) is 13.8. The number of anilines is 1. The lowest BCUT2D eigenvalue weighted by molar-refractivity contribution is -0.137. The topological polar surface area (TPSA) is 71.3 Å². The van der Waals surface area contributed by atoms with E-state index in [9.17, 15) is 18.0 Å². The summed E-state index contributed by atoms with van der Waals surface area (Å²) in [5, 5.41) is 3.27. The van der Waals surface area contributed by atoms with Gasteiger partial charge in [-0.25, -0.2) is 9.78 Å². The molecule has 4 heterocycles. The number of piperidine rings is 1. The van der Waals surface area contributed by atoms with E-state index >= 15 is 0 Å². The SMILES string of the molecule is [2H]CC([2H])(C)c1cnc2c(NC3CCN(C[C@@H]4CN(C(=O)OC(C)(C)C)CCO4)CC3)cc(C(F)(F)F)cn12. The first kappa shape index (κ1) is 24.8. The van der Waals surface area contributed by atoms with Crippen LogP contribution in [0.25, 0.3) is 5.65 Å². The standard InChI is InChI=1S/C26H38F3N5O3/c1-17(2)22-13-30-23-21(12-18(14-34(22)23)26(27,28)29)31-19-6-8-32(9-7-19)15-20-16-33(10-11-36-20)24(35)37-25(3,4)5/h12-14,17,19-20,31H,6-11,15-16H2,1-5H3/t20-/m1/s1/i1D,17D/t17?,20-. The summed E-state index contributed by atoms with van der Waals surface area (Å²) in [7, 11) is 0. The molecular weight excluding hydrogens is 487 g/mol. The number of hydrogen-bond acceptors (Lipinski definition) is 6. The predicted octanol–water partition coefficient (Wildman–Crippen LogP) is 4.99. The fourth-order valence-corrected chi connectivity index (χ4v) is 4.75. The van der Waals surface area contributed by atoms with Crippen LogP contribution in [0.5, 0.6) is 0 Å². The lowest BCUT2D eigenvalue weighted by Crippen LogP contribution is -2.52. The van der Waals surface area contributed by atoms with Crippen LogP contribution in [0.2, 0.25) is 0 Å². The minimum atomic E-state index is -4.57. The Labute approximate surface area is 218 Å². The zero-order chi connectivity index (χ0) is 28.6. The molecule has 8 nitrogen and oxygen atoms in total. The fourth-order valence-electron chi connectivity index (χ4n) is 4.75. The first-order valence-corrected chi connectivity index (χ1v) is 12.6. The average molecular weight is 528 g/mol. The minimum absolute atomic E-state index is 0.0576. The molecule has 0 aliphatic carbocycles. The highest BCUT2D eigenvalue weighted by Crippen LogP contribution is 2.34. The molecule has 0 aromatic carbocycles. The molecule has 2 atom stereocenters. The minimum Gasteiger partial charge on any atom is -0.444 e. The van der Waals surface area contributed by atoms with E-state index in [-0.39, 0.29) is 36.5 Å². The summed E-state index contributed by atoms with van der Waals surface area (Å²) in [5.74, 6) is -1.40. The van der Waals surface area contributed by atoms with Crippen LogP contribution in [0.4, 0.5) is 23.7 Å². The van der Waals surface area contributed by atoms with Crippen molar-refractivity contribution in [3.05, 3.63) is 29.7 Å². The molecule has 1 unspecified atom stereocenters. The van der Waals surface area contributed by atoms with Gasteiger partial charge in [0.15, 0.2) is 5.65 Å². The summed E-state index contributed by atoms with van der Waals surface area (Å²) in [4.78, 5) is 20.7. The molecule has 1 N–H and O–H groups in total. The third-order valence-electron chi connectivity index (χ3n) is 6.57. The Bertz CT molecular complexity index is 1160. The third kappa shape index (κ3) is 6.87. The van der Waals surface area contributed by atoms with E-state index in [1.807, 2.05) is 20.8 Å². The van der Waals surface area contributed by atoms with Crippen LogP contribution in [0.15, 0.2) is 18.5 Å². The number of rotatable bonds is 5. The van der Waals surface area contributed by atoms with Crippen LogP contribution >= 0.6 is 0 Å². The number of pyridine rings is 1. The van der Waals surface area contributed by atoms with Crippen molar-refractivity contribution < 1.29 is 30.2 Å². The average Bonchev–Trinajstić information content (AvgIpc) is 3.29. The molecule has 0 saturated carbocycles. The number of nitrogens with zero attached hydrogens (tertiary/aromatic N) is 4. The Balaban J connectivity index is 1.40. The fraction of sp³-hybridized carbons (Fsp3) is 0.692. The molecule has 2 aromatic rings. The number of hydrogen-bond donors (Lipinski definition) is 1. The van der Waals surface area contributed by atoms with Crippen molar-refractivity contribution >= 4 is 17.4 Å². The van der Waals surface area contributed by atoms with Crippen molar-refractivity contribution in [2.75, 3.05) is 44.6 Å². The van der Waals surface area contributed by atoms with Crippen LogP contribution < -0.4 is 5.32 Å². The molecule has 4 rings (SSSR count). The Morgan fingerprint density at radius 3 is 2.70 bits per heavy atom. The van der Waals surface area contributed by atoms with Crippen molar-refractivity contribution in [1.82, 2.24) is 19.2 Å². The van der Waals surface area contributed by atoms with E-state index in [1.54, 1.807) is 4.90 Å². The molecule has 2 aromatic heterocycles. The second-order valence-corrected chi connectivity index (χ2v) is 10.9. The lowest BCUT2D eigenvalue weighted by Gasteiger charge is -2.38. The largest absolute Gasteiger partial charge is 0.444 e. The normalized spacial score (nSPS) is 22.9. The van der Waals surface area contributed by atoms with Gasteiger partial charge in [0.05, 0.1) is 30.5 Å². The third-order valence-corrected chi connectivity index (χ3v) is 6.57. The van der Waals surface area contributed by atoms with E-state index in [0.717, 1.165) is 25.4 Å². The predicted molar refractivity (Wildman–Crippen MR) is 135 cm³/mol. The monoisotopic (exact) mass is 527 g/mol. The molecule has 37 heavy (non-hydrogen) atoms. The van der Waals surface area contributed by atoms with Gasteiger partial charge >= 0.3 is 12.3 Å². The van der Waals surface area contributed by atoms with Gasteiger partial charge in [0.25, 0.3) is 0 Å². The molecule has 0 spiro atoms. The Morgan fingerprint density at radius 2 is 2.05 bits per heavy atom. The molecule has 1 amide bonds. The summed E-state index contributed by atoms with van der Waals surface area (Å²) in [5.41, 5.74) is -0.585. The second-order valence-electron chi connectivity index (χ2n) is 10.9. The molecule has 2 fully saturated rings. The van der Waals surface area contributed by atoms with Crippen molar-refractivity contribution in [3.63, 3.8) is 0 Å². The molecule has 0 radical (unpaired) electrons. The molecule has 2 saturated heterocycles. The Hall–Kier alpha value is -2.53. The maximum absolute atomic E-state index is 13.7. The van der Waals surface area contributed by atoms with Crippen LogP contribution in [0.3, 0.4) is 0 Å². The highest BCUT2D eigenvalue weighted by molar-refractivity contribution is 5.70. The first-order chi connectivity index (χ1) is 18.2. The van der Waals surface area contributed by atoms with Crippen LogP contribution in [0.1, 0.15) is 67.3 Å². The maximum atomic E-state index is 13.7. The van der Waals surface area contributed by atoms with E-state index < -0.39 is 23.2 Å². The van der Waals surface area contributed by atoms with Crippen molar-refractivity contribution in [2.24, 2.45) is 0 Å². The Kier molecular flexibility index (Phi) is 7.16. The van der Waals surface area contributed by atoms with Crippen LogP contribution in [-0.4, -0.2) is 82.4 Å². The molecule has 2 aliphatic heterocycles. The molecule has 2 aliphatic rings. The number of nitrogens with one attached hydrogen (secondary N) is 1. The summed E-state index contributed by atoms with van der Waals surface area (Å²) in [6.07, 6.45) is -1.29. The van der Waals surface area contributed by atoms with Gasteiger partial charge in [-0.15, -0.1) is 0 Å². The van der Waals surface area contributed by atoms with E-state index in [4.69, 9.17) is 12.2 Å². The second kappa shape index (κ2) is 10.7. The number of morpholine rings is 1. The zero-order valence-corrected chi connectivity index (χ0v) is 21.9. The van der Waals surface area contributed by atoms with Gasteiger partial charge in [0.2, 0.25) is 0 Å². The number of ether oxygens (including phenoxy) is 2. The van der Waals surface area contributed by atoms with Gasteiger partial charge in [0.1, 0.15) is 5.60 Å². The number of likely N-dealkylation sites (tertiary alicyclic amines) is 1. The highest BCUT2D eigenvalue weighted by Gasteiger charge is 2.33. The molecule has 11 heteroatoms. The summed E-state index contributed by atoms with van der Waals surface area (Å²) in [6.45, 7) is 10.2. The van der Waals surface area contributed by atoms with Gasteiger partial charge in [-0.2, -0.15) is 13.2 Å². The van der Waals surface area contributed by atoms with Crippen molar-refractivity contribution in [3.8, 4) is 0 Å². The number of carbonyl (C=O) groups excluding carboxylic acids is 1. The molecule has 0 bridgehead atoms. The summed E-state index contributed by atoms with van der Waals surface area (Å²) in [6, 6.07) is 1.01. The van der Waals surface area contributed by atoms with Crippen molar-refractivity contribution in [2.45, 2.75) is 77.3 Å². The lowest BCUT2D eigenvalue weighted by atomic mass is 10.0. The summed E-state index contributed by atoms with van der Waals surface area (Å²) < 4.78 is 69.9. The van der Waals surface area contributed by atoms with E-state index in [2.05, 4.69) is 15.2 Å². The van der Waals surface area contributed by atoms with Gasteiger partial charge in [-0.1, -0.05) is 13.8 Å². The maximum Gasteiger partial charge on any atom is 0.417 e.